The maximum Gasteiger partial charge on any atom is 0.225 e. The van der Waals surface area contributed by atoms with E-state index in [1.807, 2.05) is 4.90 Å². The highest BCUT2D eigenvalue weighted by Gasteiger charge is 2.29. The monoisotopic (exact) mass is 351 g/mol. The predicted molar refractivity (Wildman–Crippen MR) is 96.2 cm³/mol. The zero-order valence-electron chi connectivity index (χ0n) is 15.1. The molecule has 6 heteroatoms. The lowest BCUT2D eigenvalue weighted by Gasteiger charge is -2.36. The highest BCUT2D eigenvalue weighted by atomic mass is 32.1. The van der Waals surface area contributed by atoms with Crippen LogP contribution >= 0.6 is 11.3 Å². The van der Waals surface area contributed by atoms with Crippen molar-refractivity contribution in [1.29, 1.82) is 0 Å². The molecule has 1 aromatic rings. The van der Waals surface area contributed by atoms with E-state index in [-0.39, 0.29) is 11.3 Å². The Labute approximate surface area is 149 Å². The average Bonchev–Trinajstić information content (AvgIpc) is 3.05. The third kappa shape index (κ3) is 4.35. The number of piperazine rings is 1. The molecule has 0 aliphatic carbocycles. The average molecular weight is 352 g/mol. The molecule has 5 nitrogen and oxygen atoms in total. The molecule has 2 fully saturated rings. The van der Waals surface area contributed by atoms with Gasteiger partial charge in [-0.3, -0.25) is 9.69 Å². The molecule has 0 spiro atoms. The Morgan fingerprint density at radius 2 is 1.92 bits per heavy atom. The lowest BCUT2D eigenvalue weighted by Crippen LogP contribution is -2.50. The van der Waals surface area contributed by atoms with E-state index in [2.05, 4.69) is 31.1 Å². The third-order valence-corrected chi connectivity index (χ3v) is 6.15. The van der Waals surface area contributed by atoms with Gasteiger partial charge in [0.25, 0.3) is 0 Å². The second kappa shape index (κ2) is 7.50. The number of hydrogen-bond donors (Lipinski definition) is 0. The van der Waals surface area contributed by atoms with Crippen molar-refractivity contribution < 1.29 is 9.53 Å². The smallest absolute Gasteiger partial charge is 0.225 e. The fourth-order valence-corrected chi connectivity index (χ4v) is 4.18. The molecule has 3 rings (SSSR count). The lowest BCUT2D eigenvalue weighted by molar-refractivity contribution is -0.140. The van der Waals surface area contributed by atoms with E-state index < -0.39 is 0 Å². The van der Waals surface area contributed by atoms with Crippen molar-refractivity contribution in [1.82, 2.24) is 14.8 Å². The molecule has 1 amide bonds. The van der Waals surface area contributed by atoms with E-state index in [4.69, 9.17) is 9.72 Å². The summed E-state index contributed by atoms with van der Waals surface area (Å²) < 4.78 is 5.36. The summed E-state index contributed by atoms with van der Waals surface area (Å²) in [4.78, 5) is 21.8. The molecule has 0 aromatic carbocycles. The van der Waals surface area contributed by atoms with Crippen molar-refractivity contribution in [3.63, 3.8) is 0 Å². The van der Waals surface area contributed by atoms with Gasteiger partial charge in [-0.15, -0.1) is 11.3 Å². The van der Waals surface area contributed by atoms with Crippen LogP contribution in [0, 0.1) is 5.92 Å². The molecule has 1 aromatic heterocycles. The minimum Gasteiger partial charge on any atom is -0.381 e. The molecular formula is C18H29N3O2S. The quantitative estimate of drug-likeness (QED) is 0.839. The molecule has 2 aliphatic heterocycles. The van der Waals surface area contributed by atoms with Crippen LogP contribution in [-0.4, -0.2) is 60.1 Å². The molecule has 2 saturated heterocycles. The Hall–Kier alpha value is -0.980. The van der Waals surface area contributed by atoms with E-state index in [0.29, 0.717) is 5.91 Å². The zero-order valence-corrected chi connectivity index (χ0v) is 15.9. The minimum absolute atomic E-state index is 0.123. The number of ether oxygens (including phenoxy) is 1. The van der Waals surface area contributed by atoms with Crippen molar-refractivity contribution >= 4 is 17.2 Å². The van der Waals surface area contributed by atoms with Crippen LogP contribution in [0.15, 0.2) is 5.38 Å². The summed E-state index contributed by atoms with van der Waals surface area (Å²) in [6, 6.07) is 0. The summed E-state index contributed by atoms with van der Waals surface area (Å²) in [5.41, 5.74) is 1.28. The Balaban J connectivity index is 1.48. The van der Waals surface area contributed by atoms with E-state index in [9.17, 15) is 4.79 Å². The first kappa shape index (κ1) is 17.8. The number of hydrogen-bond acceptors (Lipinski definition) is 5. The highest BCUT2D eigenvalue weighted by molar-refractivity contribution is 7.09. The van der Waals surface area contributed by atoms with E-state index >= 15 is 0 Å². The van der Waals surface area contributed by atoms with Crippen molar-refractivity contribution in [2.45, 2.75) is 45.6 Å². The number of aromatic nitrogens is 1. The highest BCUT2D eigenvalue weighted by Crippen LogP contribution is 2.26. The van der Waals surface area contributed by atoms with Crippen molar-refractivity contribution in [2.24, 2.45) is 5.92 Å². The molecular weight excluding hydrogens is 322 g/mol. The molecule has 0 unspecified atom stereocenters. The fraction of sp³-hybridized carbons (Fsp3) is 0.778. The molecule has 2 aliphatic rings. The number of nitrogens with zero attached hydrogens (tertiary/aromatic N) is 3. The first-order valence-corrected chi connectivity index (χ1v) is 9.85. The van der Waals surface area contributed by atoms with Crippen LogP contribution in [0.2, 0.25) is 0 Å². The molecule has 0 saturated carbocycles. The summed E-state index contributed by atoms with van der Waals surface area (Å²) in [5.74, 6) is 0.514. The topological polar surface area (TPSA) is 45.7 Å². The van der Waals surface area contributed by atoms with E-state index in [1.54, 1.807) is 11.3 Å². The van der Waals surface area contributed by atoms with Gasteiger partial charge in [0, 0.05) is 62.7 Å². The fourth-order valence-electron chi connectivity index (χ4n) is 3.28. The number of carbonyl (C=O) groups excluding carboxylic acids is 1. The van der Waals surface area contributed by atoms with Crippen LogP contribution in [0.3, 0.4) is 0 Å². The summed E-state index contributed by atoms with van der Waals surface area (Å²) in [6.45, 7) is 12.5. The second-order valence-corrected chi connectivity index (χ2v) is 8.74. The Kier molecular flexibility index (Phi) is 5.57. The van der Waals surface area contributed by atoms with Crippen LogP contribution < -0.4 is 0 Å². The third-order valence-electron chi connectivity index (χ3n) is 4.83. The standard InChI is InChI=1S/C18H29N3O2S/c1-18(2,3)17-19-15(13-24-17)12-20-6-8-21(9-7-20)16(22)14-4-10-23-11-5-14/h13-14H,4-12H2,1-3H3. The van der Waals surface area contributed by atoms with Crippen molar-refractivity contribution in [3.05, 3.63) is 16.1 Å². The van der Waals surface area contributed by atoms with Gasteiger partial charge in [-0.05, 0) is 12.8 Å². The van der Waals surface area contributed by atoms with Gasteiger partial charge in [-0.1, -0.05) is 20.8 Å². The molecule has 24 heavy (non-hydrogen) atoms. The molecule has 0 radical (unpaired) electrons. The number of carbonyl (C=O) groups is 1. The molecule has 3 heterocycles. The second-order valence-electron chi connectivity index (χ2n) is 7.88. The van der Waals surface area contributed by atoms with Crippen LogP contribution in [-0.2, 0) is 21.5 Å². The summed E-state index contributed by atoms with van der Waals surface area (Å²) in [7, 11) is 0. The molecule has 0 N–H and O–H groups in total. The minimum atomic E-state index is 0.123. The maximum absolute atomic E-state index is 12.6. The van der Waals surface area contributed by atoms with E-state index in [0.717, 1.165) is 64.5 Å². The number of amides is 1. The molecule has 0 bridgehead atoms. The van der Waals surface area contributed by atoms with Gasteiger partial charge in [0.15, 0.2) is 0 Å². The maximum atomic E-state index is 12.6. The van der Waals surface area contributed by atoms with Crippen molar-refractivity contribution in [3.8, 4) is 0 Å². The van der Waals surface area contributed by atoms with Gasteiger partial charge < -0.3 is 9.64 Å². The first-order chi connectivity index (χ1) is 11.4. The first-order valence-electron chi connectivity index (χ1n) is 8.97. The normalized spacial score (nSPS) is 21.2. The Bertz CT molecular complexity index is 553. The number of thiazole rings is 1. The SMILES string of the molecule is CC(C)(C)c1nc(CN2CCN(C(=O)C3CCOCC3)CC2)cs1. The predicted octanol–water partition coefficient (Wildman–Crippen LogP) is 2.51. The van der Waals surface area contributed by atoms with Gasteiger partial charge in [-0.2, -0.15) is 0 Å². The van der Waals surface area contributed by atoms with Crippen LogP contribution in [0.1, 0.15) is 44.3 Å². The lowest BCUT2D eigenvalue weighted by atomic mass is 9.98. The van der Waals surface area contributed by atoms with Crippen molar-refractivity contribution in [2.75, 3.05) is 39.4 Å². The van der Waals surface area contributed by atoms with Crippen LogP contribution in [0.4, 0.5) is 0 Å². The van der Waals surface area contributed by atoms with Gasteiger partial charge in [0.1, 0.15) is 0 Å². The van der Waals surface area contributed by atoms with Gasteiger partial charge in [0.05, 0.1) is 10.7 Å². The summed E-state index contributed by atoms with van der Waals surface area (Å²) in [5, 5.41) is 3.38. The largest absolute Gasteiger partial charge is 0.381 e. The molecule has 0 atom stereocenters. The molecule has 134 valence electrons. The van der Waals surface area contributed by atoms with Crippen LogP contribution in [0.5, 0.6) is 0 Å². The number of rotatable bonds is 3. The van der Waals surface area contributed by atoms with E-state index in [1.165, 1.54) is 5.01 Å². The van der Waals surface area contributed by atoms with Gasteiger partial charge >= 0.3 is 0 Å². The van der Waals surface area contributed by atoms with Crippen LogP contribution in [0.25, 0.3) is 0 Å². The van der Waals surface area contributed by atoms with Gasteiger partial charge in [0.2, 0.25) is 5.91 Å². The summed E-state index contributed by atoms with van der Waals surface area (Å²) >= 11 is 1.76. The van der Waals surface area contributed by atoms with Gasteiger partial charge in [-0.25, -0.2) is 4.98 Å². The Morgan fingerprint density at radius 1 is 1.25 bits per heavy atom. The Morgan fingerprint density at radius 3 is 2.50 bits per heavy atom. The zero-order chi connectivity index (χ0) is 17.2. The summed E-state index contributed by atoms with van der Waals surface area (Å²) in [6.07, 6.45) is 1.76.